The molecule has 2 rings (SSSR count). The van der Waals surface area contributed by atoms with Crippen molar-refractivity contribution in [2.75, 3.05) is 0 Å². The predicted molar refractivity (Wildman–Crippen MR) is 69.3 cm³/mol. The van der Waals surface area contributed by atoms with Gasteiger partial charge in [0.05, 0.1) is 18.1 Å². The van der Waals surface area contributed by atoms with Crippen LogP contribution in [0.15, 0.2) is 34.8 Å². The van der Waals surface area contributed by atoms with Crippen LogP contribution >= 0.6 is 15.9 Å². The Labute approximate surface area is 107 Å². The number of rotatable bonds is 2. The molecule has 0 radical (unpaired) electrons. The van der Waals surface area contributed by atoms with Gasteiger partial charge in [-0.05, 0) is 32.9 Å². The molecular formula is C13H9BrN2O. The molecule has 0 aromatic heterocycles. The lowest BCUT2D eigenvalue weighted by Crippen LogP contribution is -2.13. The SMILES string of the molecule is N#Cc1cccc2c(Br)c(CC(N)=O)ccc12. The van der Waals surface area contributed by atoms with E-state index >= 15 is 0 Å². The molecule has 2 aromatic carbocycles. The number of hydrogen-bond donors (Lipinski definition) is 1. The average Bonchev–Trinajstić information content (AvgIpc) is 2.31. The highest BCUT2D eigenvalue weighted by atomic mass is 79.9. The van der Waals surface area contributed by atoms with E-state index in [0.717, 1.165) is 20.8 Å². The maximum Gasteiger partial charge on any atom is 0.221 e. The molecule has 3 nitrogen and oxygen atoms in total. The summed E-state index contributed by atoms with van der Waals surface area (Å²) >= 11 is 3.46. The molecule has 1 amide bonds. The normalized spacial score (nSPS) is 10.1. The van der Waals surface area contributed by atoms with Gasteiger partial charge in [-0.2, -0.15) is 5.26 Å². The Hall–Kier alpha value is -1.86. The van der Waals surface area contributed by atoms with Gasteiger partial charge in [-0.1, -0.05) is 24.3 Å². The van der Waals surface area contributed by atoms with E-state index in [4.69, 9.17) is 11.0 Å². The second-order valence-corrected chi connectivity index (χ2v) is 4.49. The number of nitriles is 1. The molecule has 0 atom stereocenters. The fraction of sp³-hybridized carbons (Fsp3) is 0.0769. The molecule has 0 heterocycles. The first kappa shape index (κ1) is 11.6. The van der Waals surface area contributed by atoms with Crippen LogP contribution in [0.5, 0.6) is 0 Å². The number of halogens is 1. The summed E-state index contributed by atoms with van der Waals surface area (Å²) in [4.78, 5) is 10.9. The molecule has 0 fully saturated rings. The summed E-state index contributed by atoms with van der Waals surface area (Å²) in [6, 6.07) is 11.3. The zero-order valence-electron chi connectivity index (χ0n) is 8.90. The van der Waals surface area contributed by atoms with E-state index in [9.17, 15) is 4.79 Å². The number of benzene rings is 2. The van der Waals surface area contributed by atoms with Crippen molar-refractivity contribution in [2.45, 2.75) is 6.42 Å². The van der Waals surface area contributed by atoms with Crippen LogP contribution < -0.4 is 5.73 Å². The van der Waals surface area contributed by atoms with Crippen molar-refractivity contribution < 1.29 is 4.79 Å². The Bertz CT molecular complexity index is 644. The van der Waals surface area contributed by atoms with Crippen LogP contribution in [-0.2, 0) is 11.2 Å². The summed E-state index contributed by atoms with van der Waals surface area (Å²) < 4.78 is 0.825. The lowest BCUT2D eigenvalue weighted by molar-refractivity contribution is -0.117. The molecule has 84 valence electrons. The van der Waals surface area contributed by atoms with Crippen molar-refractivity contribution in [3.63, 3.8) is 0 Å². The minimum Gasteiger partial charge on any atom is -0.369 e. The number of hydrogen-bond acceptors (Lipinski definition) is 2. The highest BCUT2D eigenvalue weighted by Crippen LogP contribution is 2.29. The number of fused-ring (bicyclic) bond motifs is 1. The highest BCUT2D eigenvalue weighted by Gasteiger charge is 2.09. The van der Waals surface area contributed by atoms with Gasteiger partial charge in [0.25, 0.3) is 0 Å². The van der Waals surface area contributed by atoms with E-state index in [1.54, 1.807) is 6.07 Å². The maximum absolute atomic E-state index is 10.9. The average molecular weight is 289 g/mol. The van der Waals surface area contributed by atoms with Crippen LogP contribution in [0.4, 0.5) is 0 Å². The largest absolute Gasteiger partial charge is 0.369 e. The van der Waals surface area contributed by atoms with Gasteiger partial charge in [-0.3, -0.25) is 4.79 Å². The molecule has 0 saturated heterocycles. The van der Waals surface area contributed by atoms with Crippen molar-refractivity contribution in [1.29, 1.82) is 5.26 Å². The second kappa shape index (κ2) is 4.56. The molecule has 0 aliphatic rings. The third-order valence-corrected chi connectivity index (χ3v) is 3.50. The number of nitrogens with zero attached hydrogens (tertiary/aromatic N) is 1. The van der Waals surface area contributed by atoms with Gasteiger partial charge in [-0.25, -0.2) is 0 Å². The number of nitrogens with two attached hydrogens (primary N) is 1. The number of carbonyl (C=O) groups is 1. The number of primary amides is 1. The smallest absolute Gasteiger partial charge is 0.221 e. The molecule has 0 bridgehead atoms. The van der Waals surface area contributed by atoms with Crippen LogP contribution in [-0.4, -0.2) is 5.91 Å². The van der Waals surface area contributed by atoms with Crippen molar-refractivity contribution in [2.24, 2.45) is 5.73 Å². The third kappa shape index (κ3) is 2.15. The van der Waals surface area contributed by atoms with Gasteiger partial charge in [-0.15, -0.1) is 0 Å². The summed E-state index contributed by atoms with van der Waals surface area (Å²) in [5, 5.41) is 10.8. The lowest BCUT2D eigenvalue weighted by atomic mass is 10.0. The van der Waals surface area contributed by atoms with E-state index in [-0.39, 0.29) is 12.3 Å². The summed E-state index contributed by atoms with van der Waals surface area (Å²) in [6.45, 7) is 0. The van der Waals surface area contributed by atoms with E-state index in [1.807, 2.05) is 24.3 Å². The minimum absolute atomic E-state index is 0.188. The van der Waals surface area contributed by atoms with E-state index in [1.165, 1.54) is 0 Å². The zero-order chi connectivity index (χ0) is 12.4. The highest BCUT2D eigenvalue weighted by molar-refractivity contribution is 9.10. The summed E-state index contributed by atoms with van der Waals surface area (Å²) in [5.41, 5.74) is 6.63. The minimum atomic E-state index is -0.374. The number of carbonyl (C=O) groups excluding carboxylic acids is 1. The van der Waals surface area contributed by atoms with Crippen LogP contribution in [0, 0.1) is 11.3 Å². The van der Waals surface area contributed by atoms with E-state index < -0.39 is 0 Å². The molecule has 0 unspecified atom stereocenters. The Morgan fingerprint density at radius 1 is 1.29 bits per heavy atom. The molecule has 0 spiro atoms. The molecule has 4 heteroatoms. The topological polar surface area (TPSA) is 66.9 Å². The van der Waals surface area contributed by atoms with Crippen LogP contribution in [0.1, 0.15) is 11.1 Å². The van der Waals surface area contributed by atoms with Gasteiger partial charge in [0, 0.05) is 9.86 Å². The number of amides is 1. The summed E-state index contributed by atoms with van der Waals surface area (Å²) in [7, 11) is 0. The Morgan fingerprint density at radius 2 is 2.06 bits per heavy atom. The molecule has 0 aliphatic carbocycles. The molecule has 2 N–H and O–H groups in total. The van der Waals surface area contributed by atoms with Crippen LogP contribution in [0.25, 0.3) is 10.8 Å². The van der Waals surface area contributed by atoms with Gasteiger partial charge < -0.3 is 5.73 Å². The maximum atomic E-state index is 10.9. The molecule has 0 saturated carbocycles. The predicted octanol–water partition coefficient (Wildman–Crippen LogP) is 2.50. The molecule has 0 aliphatic heterocycles. The first-order valence-corrected chi connectivity index (χ1v) is 5.81. The van der Waals surface area contributed by atoms with E-state index in [0.29, 0.717) is 5.56 Å². The fourth-order valence-electron chi connectivity index (χ4n) is 1.79. The molecular weight excluding hydrogens is 280 g/mol. The molecule has 2 aromatic rings. The van der Waals surface area contributed by atoms with Crippen LogP contribution in [0.2, 0.25) is 0 Å². The summed E-state index contributed by atoms with van der Waals surface area (Å²) in [5.74, 6) is -0.374. The lowest BCUT2D eigenvalue weighted by Gasteiger charge is -2.07. The first-order chi connectivity index (χ1) is 8.13. The molecule has 17 heavy (non-hydrogen) atoms. The Kier molecular flexibility index (Phi) is 3.12. The monoisotopic (exact) mass is 288 g/mol. The Balaban J connectivity index is 2.69. The van der Waals surface area contributed by atoms with Gasteiger partial charge in [0.2, 0.25) is 5.91 Å². The van der Waals surface area contributed by atoms with Gasteiger partial charge in [0.15, 0.2) is 0 Å². The van der Waals surface area contributed by atoms with Crippen molar-refractivity contribution in [3.8, 4) is 6.07 Å². The second-order valence-electron chi connectivity index (χ2n) is 3.69. The van der Waals surface area contributed by atoms with Crippen LogP contribution in [0.3, 0.4) is 0 Å². The standard InChI is InChI=1S/C13H9BrN2O/c14-13-8(6-12(16)17)4-5-10-9(7-15)2-1-3-11(10)13/h1-5H,6H2,(H2,16,17). The third-order valence-electron chi connectivity index (χ3n) is 2.56. The first-order valence-electron chi connectivity index (χ1n) is 5.02. The van der Waals surface area contributed by atoms with Crippen molar-refractivity contribution in [1.82, 2.24) is 0 Å². The summed E-state index contributed by atoms with van der Waals surface area (Å²) in [6.07, 6.45) is 0.188. The van der Waals surface area contributed by atoms with Gasteiger partial charge in [0.1, 0.15) is 0 Å². The van der Waals surface area contributed by atoms with Gasteiger partial charge >= 0.3 is 0 Å². The van der Waals surface area contributed by atoms with Crippen molar-refractivity contribution in [3.05, 3.63) is 45.9 Å². The quantitative estimate of drug-likeness (QED) is 0.923. The van der Waals surface area contributed by atoms with Crippen molar-refractivity contribution >= 4 is 32.6 Å². The Morgan fingerprint density at radius 3 is 2.71 bits per heavy atom. The van der Waals surface area contributed by atoms with E-state index in [2.05, 4.69) is 22.0 Å². The fourth-order valence-corrected chi connectivity index (χ4v) is 2.41. The zero-order valence-corrected chi connectivity index (χ0v) is 10.5.